The molecule has 1 fully saturated rings. The highest BCUT2D eigenvalue weighted by Gasteiger charge is 2.43. The average molecular weight is 458 g/mol. The van der Waals surface area contributed by atoms with Crippen LogP contribution >= 0.6 is 23.1 Å². The standard InChI is InChI=1S/C21H21ClFN7S/c1-13-9-25-20(27-17-8-14(2)29-31-17)28-19(13)30-11-21(12-30,6-7-24)26-10-15-4-3-5-16(22)18(15)23/h3-5,8-9,26H,6,10-12H2,1-2H3,(H,25,27,28). The quantitative estimate of drug-likeness (QED) is 0.545. The number of aromatic nitrogens is 3. The summed E-state index contributed by atoms with van der Waals surface area (Å²) < 4.78 is 18.5. The summed E-state index contributed by atoms with van der Waals surface area (Å²) >= 11 is 7.24. The van der Waals surface area contributed by atoms with Gasteiger partial charge in [-0.25, -0.2) is 9.37 Å². The lowest BCUT2D eigenvalue weighted by Crippen LogP contribution is -2.69. The average Bonchev–Trinajstić information content (AvgIpc) is 3.12. The van der Waals surface area contributed by atoms with Crippen molar-refractivity contribution in [2.75, 3.05) is 23.3 Å². The highest BCUT2D eigenvalue weighted by atomic mass is 35.5. The molecule has 0 spiro atoms. The van der Waals surface area contributed by atoms with Gasteiger partial charge in [-0.15, -0.1) is 0 Å². The molecule has 2 aromatic heterocycles. The Kier molecular flexibility index (Phi) is 6.05. The maximum absolute atomic E-state index is 14.2. The molecule has 1 aromatic carbocycles. The van der Waals surface area contributed by atoms with E-state index in [1.54, 1.807) is 18.3 Å². The summed E-state index contributed by atoms with van der Waals surface area (Å²) in [6.07, 6.45) is 2.08. The van der Waals surface area contributed by atoms with Gasteiger partial charge in [0, 0.05) is 37.0 Å². The summed E-state index contributed by atoms with van der Waals surface area (Å²) in [5, 5.41) is 16.9. The lowest BCUT2D eigenvalue weighted by Gasteiger charge is -2.50. The van der Waals surface area contributed by atoms with Gasteiger partial charge >= 0.3 is 0 Å². The van der Waals surface area contributed by atoms with Crippen LogP contribution in [0.2, 0.25) is 5.02 Å². The van der Waals surface area contributed by atoms with Crippen molar-refractivity contribution < 1.29 is 4.39 Å². The van der Waals surface area contributed by atoms with Gasteiger partial charge in [-0.05, 0) is 37.5 Å². The SMILES string of the molecule is Cc1cc(Nc2ncc(C)c(N3CC(CC#N)(NCc4cccc(Cl)c4F)C3)n2)sn1. The molecule has 3 aromatic rings. The number of benzene rings is 1. The first-order valence-electron chi connectivity index (χ1n) is 9.73. The van der Waals surface area contributed by atoms with E-state index in [-0.39, 0.29) is 5.02 Å². The molecule has 0 saturated carbocycles. The van der Waals surface area contributed by atoms with Crippen LogP contribution in [0, 0.1) is 31.0 Å². The molecule has 0 unspecified atom stereocenters. The van der Waals surface area contributed by atoms with Gasteiger partial charge in [0.1, 0.15) is 16.6 Å². The summed E-state index contributed by atoms with van der Waals surface area (Å²) in [6, 6.07) is 9.12. The molecule has 0 bridgehead atoms. The van der Waals surface area contributed by atoms with Gasteiger partial charge in [0.15, 0.2) is 0 Å². The van der Waals surface area contributed by atoms with Crippen LogP contribution in [0.5, 0.6) is 0 Å². The van der Waals surface area contributed by atoms with Crippen LogP contribution in [0.3, 0.4) is 0 Å². The summed E-state index contributed by atoms with van der Waals surface area (Å²) in [5.41, 5.74) is 1.92. The Labute approximate surface area is 189 Å². The second kappa shape index (κ2) is 8.75. The zero-order valence-corrected chi connectivity index (χ0v) is 18.7. The molecular weight excluding hydrogens is 437 g/mol. The summed E-state index contributed by atoms with van der Waals surface area (Å²) in [7, 11) is 0. The molecule has 0 radical (unpaired) electrons. The molecule has 31 heavy (non-hydrogen) atoms. The number of nitriles is 1. The van der Waals surface area contributed by atoms with E-state index in [2.05, 4.69) is 35.9 Å². The molecule has 1 aliphatic rings. The monoisotopic (exact) mass is 457 g/mol. The summed E-state index contributed by atoms with van der Waals surface area (Å²) in [6.45, 7) is 5.34. The molecule has 1 saturated heterocycles. The molecule has 2 N–H and O–H groups in total. The zero-order chi connectivity index (χ0) is 22.0. The van der Waals surface area contributed by atoms with Gasteiger partial charge < -0.3 is 15.5 Å². The van der Waals surface area contributed by atoms with E-state index in [0.29, 0.717) is 37.6 Å². The highest BCUT2D eigenvalue weighted by Crippen LogP contribution is 2.32. The zero-order valence-electron chi connectivity index (χ0n) is 17.1. The minimum Gasteiger partial charge on any atom is -0.352 e. The lowest BCUT2D eigenvalue weighted by atomic mass is 9.86. The number of halogens is 2. The Morgan fingerprint density at radius 2 is 2.16 bits per heavy atom. The van der Waals surface area contributed by atoms with Crippen molar-refractivity contribution >= 4 is 39.9 Å². The number of anilines is 3. The van der Waals surface area contributed by atoms with Crippen LogP contribution in [0.15, 0.2) is 30.5 Å². The van der Waals surface area contributed by atoms with E-state index >= 15 is 0 Å². The van der Waals surface area contributed by atoms with Crippen molar-refractivity contribution in [2.45, 2.75) is 32.4 Å². The van der Waals surface area contributed by atoms with Crippen LogP contribution in [0.25, 0.3) is 0 Å². The summed E-state index contributed by atoms with van der Waals surface area (Å²) in [4.78, 5) is 11.1. The number of hydrogen-bond acceptors (Lipinski definition) is 8. The fraction of sp³-hybridized carbons (Fsp3) is 0.333. The minimum atomic E-state index is -0.441. The third-order valence-electron chi connectivity index (χ3n) is 5.20. The van der Waals surface area contributed by atoms with E-state index in [1.165, 1.54) is 17.6 Å². The maximum atomic E-state index is 14.2. The van der Waals surface area contributed by atoms with Crippen LogP contribution in [0.1, 0.15) is 23.2 Å². The number of nitrogens with one attached hydrogen (secondary N) is 2. The summed E-state index contributed by atoms with van der Waals surface area (Å²) in [5.74, 6) is 0.875. The first-order valence-corrected chi connectivity index (χ1v) is 10.9. The first kappa shape index (κ1) is 21.4. The molecule has 0 atom stereocenters. The molecule has 0 amide bonds. The molecule has 1 aliphatic heterocycles. The normalized spacial score (nSPS) is 14.7. The molecule has 4 rings (SSSR count). The number of hydrogen-bond donors (Lipinski definition) is 2. The third-order valence-corrected chi connectivity index (χ3v) is 6.29. The highest BCUT2D eigenvalue weighted by molar-refractivity contribution is 7.10. The first-order chi connectivity index (χ1) is 14.9. The van der Waals surface area contributed by atoms with Crippen molar-refractivity contribution in [3.63, 3.8) is 0 Å². The van der Waals surface area contributed by atoms with Crippen LogP contribution in [-0.2, 0) is 6.54 Å². The molecular formula is C21H21ClFN7S. The van der Waals surface area contributed by atoms with Gasteiger partial charge in [0.05, 0.1) is 28.7 Å². The Hall–Kier alpha value is -2.80. The third kappa shape index (κ3) is 4.61. The Balaban J connectivity index is 1.46. The van der Waals surface area contributed by atoms with Gasteiger partial charge in [-0.1, -0.05) is 23.7 Å². The number of aryl methyl sites for hydroxylation is 2. The fourth-order valence-electron chi connectivity index (χ4n) is 3.59. The number of rotatable bonds is 7. The van der Waals surface area contributed by atoms with Gasteiger partial charge in [0.2, 0.25) is 5.95 Å². The van der Waals surface area contributed by atoms with Crippen molar-refractivity contribution in [1.29, 1.82) is 5.26 Å². The van der Waals surface area contributed by atoms with Gasteiger partial charge in [-0.3, -0.25) is 0 Å². The molecule has 7 nitrogen and oxygen atoms in total. The predicted molar refractivity (Wildman–Crippen MR) is 120 cm³/mol. The van der Waals surface area contributed by atoms with Crippen molar-refractivity contribution in [3.8, 4) is 6.07 Å². The van der Waals surface area contributed by atoms with E-state index in [4.69, 9.17) is 11.6 Å². The second-order valence-electron chi connectivity index (χ2n) is 7.70. The molecule has 0 aliphatic carbocycles. The van der Waals surface area contributed by atoms with E-state index in [0.717, 1.165) is 22.1 Å². The Morgan fingerprint density at radius 3 is 2.87 bits per heavy atom. The van der Waals surface area contributed by atoms with Crippen molar-refractivity contribution in [1.82, 2.24) is 19.7 Å². The molecule has 160 valence electrons. The Bertz CT molecular complexity index is 1140. The van der Waals surface area contributed by atoms with Gasteiger partial charge in [0.25, 0.3) is 0 Å². The van der Waals surface area contributed by atoms with Crippen LogP contribution < -0.4 is 15.5 Å². The topological polar surface area (TPSA) is 89.8 Å². The van der Waals surface area contributed by atoms with Crippen LogP contribution in [0.4, 0.5) is 21.2 Å². The fourth-order valence-corrected chi connectivity index (χ4v) is 4.43. The Morgan fingerprint density at radius 1 is 1.35 bits per heavy atom. The predicted octanol–water partition coefficient (Wildman–Crippen LogP) is 4.35. The van der Waals surface area contributed by atoms with Gasteiger partial charge in [-0.2, -0.15) is 14.6 Å². The van der Waals surface area contributed by atoms with Crippen molar-refractivity contribution in [3.05, 3.63) is 58.1 Å². The molecule has 3 heterocycles. The number of nitrogens with zero attached hydrogens (tertiary/aromatic N) is 5. The maximum Gasteiger partial charge on any atom is 0.229 e. The van der Waals surface area contributed by atoms with Crippen molar-refractivity contribution in [2.24, 2.45) is 0 Å². The lowest BCUT2D eigenvalue weighted by molar-refractivity contribution is 0.255. The minimum absolute atomic E-state index is 0.0941. The van der Waals surface area contributed by atoms with E-state index < -0.39 is 11.4 Å². The van der Waals surface area contributed by atoms with Crippen LogP contribution in [-0.4, -0.2) is 33.0 Å². The molecule has 10 heteroatoms. The smallest absolute Gasteiger partial charge is 0.229 e. The van der Waals surface area contributed by atoms with E-state index in [1.807, 2.05) is 19.9 Å². The second-order valence-corrected chi connectivity index (χ2v) is 8.91. The largest absolute Gasteiger partial charge is 0.352 e. The van der Waals surface area contributed by atoms with E-state index in [9.17, 15) is 9.65 Å².